The van der Waals surface area contributed by atoms with E-state index in [1.807, 2.05) is 238 Å². The van der Waals surface area contributed by atoms with Gasteiger partial charge >= 0.3 is 5.97 Å². The smallest absolute Gasteiger partial charge is 0.303 e. The van der Waals surface area contributed by atoms with Crippen LogP contribution in [-0.4, -0.2) is 58.2 Å². The van der Waals surface area contributed by atoms with Gasteiger partial charge in [0.05, 0.1) is 16.2 Å². The summed E-state index contributed by atoms with van der Waals surface area (Å²) in [6, 6.07) is 58.7. The van der Waals surface area contributed by atoms with Crippen LogP contribution >= 0.6 is 0 Å². The Labute approximate surface area is 539 Å². The summed E-state index contributed by atoms with van der Waals surface area (Å²) in [5.41, 5.74) is 11.2. The van der Waals surface area contributed by atoms with Gasteiger partial charge in [0.25, 0.3) is 0 Å². The highest BCUT2D eigenvalue weighted by molar-refractivity contribution is 5.87. The second kappa shape index (κ2) is 33.6. The third kappa shape index (κ3) is 17.5. The van der Waals surface area contributed by atoms with Crippen molar-refractivity contribution in [3.63, 3.8) is 0 Å². The topological polar surface area (TPSA) is 215 Å². The summed E-state index contributed by atoms with van der Waals surface area (Å²) in [7, 11) is 1.00. The highest BCUT2D eigenvalue weighted by Gasteiger charge is 2.18. The van der Waals surface area contributed by atoms with Crippen LogP contribution in [0.4, 0.5) is 34.5 Å². The number of aromatic nitrogens is 6. The molecule has 16 heteroatoms. The maximum absolute atomic E-state index is 13.2. The van der Waals surface area contributed by atoms with Gasteiger partial charge in [0.1, 0.15) is 40.7 Å². The molecule has 468 valence electrons. The molecule has 5 N–H and O–H groups in total. The van der Waals surface area contributed by atoms with Gasteiger partial charge in [0, 0.05) is 90.4 Å². The zero-order valence-corrected chi connectivity index (χ0v) is 52.6. The van der Waals surface area contributed by atoms with Gasteiger partial charge < -0.3 is 26.2 Å². The van der Waals surface area contributed by atoms with Crippen molar-refractivity contribution < 1.29 is 19.8 Å². The van der Waals surface area contributed by atoms with Gasteiger partial charge in [-0.1, -0.05) is 159 Å². The first-order valence-corrected chi connectivity index (χ1v) is 30.3. The zero-order chi connectivity index (χ0) is 66.1. The number of rotatable bonds is 16. The van der Waals surface area contributed by atoms with E-state index < -0.39 is 5.97 Å². The number of para-hydroxylation sites is 5. The van der Waals surface area contributed by atoms with Crippen molar-refractivity contribution in [2.75, 3.05) is 23.1 Å². The lowest BCUT2D eigenvalue weighted by Gasteiger charge is -2.20. The van der Waals surface area contributed by atoms with Gasteiger partial charge in [-0.25, -0.2) is 15.0 Å². The minimum absolute atomic E-state index is 0.00624. The van der Waals surface area contributed by atoms with Gasteiger partial charge in [-0.2, -0.15) is 0 Å². The molecule has 93 heavy (non-hydrogen) atoms. The molecule has 0 unspecified atom stereocenters. The number of allylic oxidation sites excluding steroid dienone is 10. The number of nitrogens with one attached hydrogen (secondary N) is 3. The largest absolute Gasteiger partial charge is 0.481 e. The van der Waals surface area contributed by atoms with Crippen molar-refractivity contribution in [2.24, 2.45) is 0 Å². The molecule has 16 nitrogen and oxygen atoms in total. The minimum atomic E-state index is -0.880. The number of aldehydes is 1. The maximum atomic E-state index is 13.2. The second-order valence-electron chi connectivity index (χ2n) is 20.7. The molecule has 1 aliphatic carbocycles. The maximum Gasteiger partial charge on any atom is 0.303 e. The van der Waals surface area contributed by atoms with Gasteiger partial charge in [0.2, 0.25) is 0 Å². The van der Waals surface area contributed by atoms with Crippen LogP contribution in [0.15, 0.2) is 269 Å². The van der Waals surface area contributed by atoms with Crippen LogP contribution in [0.2, 0.25) is 0 Å². The van der Waals surface area contributed by atoms with Crippen LogP contribution in [0, 0.1) is 6.92 Å². The molecule has 6 heterocycles. The number of hydrogen-bond donors (Lipinski definition) is 5. The van der Waals surface area contributed by atoms with E-state index in [1.165, 1.54) is 6.08 Å². The van der Waals surface area contributed by atoms with E-state index in [4.69, 9.17) is 15.2 Å². The minimum Gasteiger partial charge on any atom is -0.481 e. The first-order valence-electron chi connectivity index (χ1n) is 30.3. The molecule has 12 rings (SSSR count). The number of carboxylic acids is 1. The van der Waals surface area contributed by atoms with E-state index in [0.29, 0.717) is 68.8 Å². The predicted molar refractivity (Wildman–Crippen MR) is 381 cm³/mol. The van der Waals surface area contributed by atoms with Gasteiger partial charge in [-0.15, -0.1) is 0 Å². The van der Waals surface area contributed by atoms with Gasteiger partial charge in [-0.3, -0.25) is 37.7 Å². The zero-order valence-electron chi connectivity index (χ0n) is 52.6. The summed E-state index contributed by atoms with van der Waals surface area (Å²) in [4.78, 5) is 74.3. The Hall–Kier alpha value is -11.9. The van der Waals surface area contributed by atoms with E-state index in [9.17, 15) is 24.0 Å². The Balaban J connectivity index is 0.000000175. The molecular formula is C77H73N9O7. The van der Waals surface area contributed by atoms with Crippen molar-refractivity contribution in [3.8, 4) is 11.4 Å². The number of carboxylic acid groups (broad SMARTS) is 1. The van der Waals surface area contributed by atoms with Crippen LogP contribution < -0.4 is 32.2 Å². The SMILES string of the molecule is C/C=C(C)\C=C\c1cc2c(=O)cc(Nc3ccccc3)n(C3=CC=CC=CC3)c2nc1C.CC.CO.O=C(O)CCc1cnc2c(c1)c(=O)cc(Nc1ccccc1)n2-c1ccccc1.O=C/C=C/c1cnc2c(c1)c(=O)cc(Nc1ccccc1)n2-c1ccccc1. The Kier molecular flexibility index (Phi) is 24.3. The summed E-state index contributed by atoms with van der Waals surface area (Å²) in [6.45, 7) is 10.0. The Bertz CT molecular complexity index is 4750. The first kappa shape index (κ1) is 67.1. The fourth-order valence-electron chi connectivity index (χ4n) is 9.89. The van der Waals surface area contributed by atoms with Crippen molar-refractivity contribution in [1.82, 2.24) is 28.7 Å². The fraction of sp³-hybridized carbons (Fsp3) is 0.117. The van der Waals surface area contributed by atoms with E-state index in [-0.39, 0.29) is 22.7 Å². The standard InChI is InChI=1S/C28H27N3O.C23H19N3O3.C23H17N3O2.C2H6.CH4O/c1-4-20(2)16-17-22-18-25-26(32)19-27(30-23-12-8-7-9-13-23)31(28(25)29-21(22)3)24-14-10-5-6-11-15-24;27-20-14-21(25-17-7-3-1-4-8-17)26(18-9-5-2-6-10-18)23-19(20)13-16(15-24-23)11-12-22(28)29;27-13-7-8-17-14-20-21(28)15-22(25-18-9-3-1-4-10-18)26(23(20)24-16-17)19-11-5-2-6-12-19;2*1-2/h4-14,16-19,30H,15H2,1-3H3;1-10,13-15,25H,11-12H2,(H,28,29);1-16,25H;1-2H3;2H,1H3/b17-16+,20-4-;;8-7+;;. The Morgan fingerprint density at radius 2 is 1.03 bits per heavy atom. The summed E-state index contributed by atoms with van der Waals surface area (Å²) >= 11 is 0. The van der Waals surface area contributed by atoms with Crippen LogP contribution in [0.3, 0.4) is 0 Å². The molecule has 11 aromatic rings. The number of pyridine rings is 6. The number of carbonyl (C=O) groups is 2. The molecule has 0 saturated heterocycles. The number of aliphatic hydroxyl groups excluding tert-OH is 1. The van der Waals surface area contributed by atoms with Crippen LogP contribution in [-0.2, 0) is 16.0 Å². The van der Waals surface area contributed by atoms with Crippen molar-refractivity contribution >= 4 is 97.7 Å². The number of carbonyl (C=O) groups excluding carboxylic acids is 1. The molecule has 0 atom stereocenters. The number of aliphatic hydroxyl groups is 1. The van der Waals surface area contributed by atoms with E-state index in [2.05, 4.69) is 42.6 Å². The fourth-order valence-corrected chi connectivity index (χ4v) is 9.89. The summed E-state index contributed by atoms with van der Waals surface area (Å²) in [5.74, 6) is 1.04. The molecule has 0 amide bonds. The molecule has 1 aliphatic rings. The second-order valence-corrected chi connectivity index (χ2v) is 20.7. The number of nitrogens with zero attached hydrogens (tertiary/aromatic N) is 6. The number of anilines is 6. The van der Waals surface area contributed by atoms with Crippen LogP contribution in [0.1, 0.15) is 62.9 Å². The summed E-state index contributed by atoms with van der Waals surface area (Å²) < 4.78 is 5.86. The van der Waals surface area contributed by atoms with E-state index >= 15 is 0 Å². The number of hydrogen-bond acceptors (Lipinski definition) is 12. The third-order valence-electron chi connectivity index (χ3n) is 14.4. The lowest BCUT2D eigenvalue weighted by Crippen LogP contribution is -2.15. The third-order valence-corrected chi connectivity index (χ3v) is 14.4. The van der Waals surface area contributed by atoms with Crippen molar-refractivity contribution in [1.29, 1.82) is 0 Å². The lowest BCUT2D eigenvalue weighted by atomic mass is 10.1. The van der Waals surface area contributed by atoms with Gasteiger partial charge in [-0.05, 0) is 135 Å². The average Bonchev–Trinajstić information content (AvgIpc) is 1.06. The van der Waals surface area contributed by atoms with Crippen LogP contribution in [0.25, 0.3) is 62.3 Å². The molecule has 6 aromatic heterocycles. The molecule has 0 radical (unpaired) electrons. The Morgan fingerprint density at radius 1 is 0.570 bits per heavy atom. The molecule has 0 aliphatic heterocycles. The number of benzene rings is 5. The molecule has 0 spiro atoms. The molecule has 0 fully saturated rings. The van der Waals surface area contributed by atoms with E-state index in [0.717, 1.165) is 70.1 Å². The highest BCUT2D eigenvalue weighted by atomic mass is 16.4. The number of aliphatic carboxylic acids is 1. The highest BCUT2D eigenvalue weighted by Crippen LogP contribution is 2.30. The molecule has 0 bridgehead atoms. The van der Waals surface area contributed by atoms with Crippen molar-refractivity contribution in [2.45, 2.75) is 53.9 Å². The van der Waals surface area contributed by atoms with Crippen LogP contribution in [0.5, 0.6) is 0 Å². The molecule has 5 aromatic carbocycles. The first-order chi connectivity index (χ1) is 45.4. The lowest BCUT2D eigenvalue weighted by molar-refractivity contribution is -0.137. The number of aryl methyl sites for hydroxylation is 2. The van der Waals surface area contributed by atoms with E-state index in [1.54, 1.807) is 48.8 Å². The predicted octanol–water partition coefficient (Wildman–Crippen LogP) is 15.9. The summed E-state index contributed by atoms with van der Waals surface area (Å²) in [6.07, 6.45) is 24.4. The Morgan fingerprint density at radius 3 is 1.52 bits per heavy atom. The normalized spacial score (nSPS) is 11.6. The molecular weight excluding hydrogens is 1160 g/mol. The van der Waals surface area contributed by atoms with Gasteiger partial charge in [0.15, 0.2) is 16.3 Å². The quantitative estimate of drug-likeness (QED) is 0.0346. The van der Waals surface area contributed by atoms with Crippen molar-refractivity contribution in [3.05, 3.63) is 308 Å². The number of fused-ring (bicyclic) bond motifs is 3. The average molecular weight is 1240 g/mol. The molecule has 0 saturated carbocycles. The summed E-state index contributed by atoms with van der Waals surface area (Å²) in [5, 5.41) is 27.5. The monoisotopic (exact) mass is 1240 g/mol.